The standard InChI is InChI=1S/C35H40F4N4O5/c1-2-7-27-23(8-5-18-43(27)31(45)28-24(35(37,38)39)10-4-17-41-28)30(44)42-19-14-34(22-40,15-20-42)25-9-3-11-26(36)29(25)48-21-16-33(32(46)47)12-6-13-33/h3-4,9-11,17,23,27H,2,5-8,12-16,18-21H2,1H3,(H,46,47). The highest BCUT2D eigenvalue weighted by Crippen LogP contribution is 2.46. The quantitative estimate of drug-likeness (QED) is 0.291. The van der Waals surface area contributed by atoms with Crippen LogP contribution in [0.3, 0.4) is 0 Å². The number of carbonyl (C=O) groups excluding carboxylic acids is 2. The topological polar surface area (TPSA) is 124 Å². The van der Waals surface area contributed by atoms with Gasteiger partial charge in [-0.2, -0.15) is 18.4 Å². The molecule has 1 saturated carbocycles. The largest absolute Gasteiger partial charge is 0.490 e. The number of benzene rings is 1. The van der Waals surface area contributed by atoms with Crippen LogP contribution in [0.1, 0.15) is 92.7 Å². The van der Waals surface area contributed by atoms with Crippen molar-refractivity contribution in [2.75, 3.05) is 26.2 Å². The summed E-state index contributed by atoms with van der Waals surface area (Å²) in [6.07, 6.45) is 0.745. The molecule has 9 nitrogen and oxygen atoms in total. The van der Waals surface area contributed by atoms with Crippen molar-refractivity contribution in [1.29, 1.82) is 5.26 Å². The number of hydrogen-bond acceptors (Lipinski definition) is 6. The molecule has 2 unspecified atom stereocenters. The fraction of sp³-hybridized carbons (Fsp3) is 0.571. The predicted molar refractivity (Wildman–Crippen MR) is 165 cm³/mol. The summed E-state index contributed by atoms with van der Waals surface area (Å²) in [7, 11) is 0. The molecule has 3 aliphatic rings. The number of hydrogen-bond donors (Lipinski definition) is 1. The summed E-state index contributed by atoms with van der Waals surface area (Å²) in [6.45, 7) is 2.41. The van der Waals surface area contributed by atoms with E-state index in [0.29, 0.717) is 44.1 Å². The second-order valence-corrected chi connectivity index (χ2v) is 13.2. The average molecular weight is 673 g/mol. The summed E-state index contributed by atoms with van der Waals surface area (Å²) in [6, 6.07) is 8.03. The van der Waals surface area contributed by atoms with Gasteiger partial charge in [-0.1, -0.05) is 31.9 Å². The van der Waals surface area contributed by atoms with E-state index in [-0.39, 0.29) is 57.2 Å². The number of carboxylic acids is 1. The zero-order chi connectivity index (χ0) is 34.7. The van der Waals surface area contributed by atoms with Gasteiger partial charge >= 0.3 is 12.1 Å². The van der Waals surface area contributed by atoms with E-state index in [1.807, 2.05) is 6.92 Å². The number of ether oxygens (including phenoxy) is 1. The Labute approximate surface area is 276 Å². The molecular formula is C35H40F4N4O5. The molecule has 2 saturated heterocycles. The van der Waals surface area contributed by atoms with Crippen molar-refractivity contribution in [2.45, 2.75) is 88.8 Å². The van der Waals surface area contributed by atoms with Gasteiger partial charge in [0, 0.05) is 37.4 Å². The zero-order valence-corrected chi connectivity index (χ0v) is 26.9. The number of para-hydroxylation sites is 1. The molecule has 0 spiro atoms. The van der Waals surface area contributed by atoms with Crippen LogP contribution < -0.4 is 4.74 Å². The van der Waals surface area contributed by atoms with Crippen molar-refractivity contribution in [3.8, 4) is 11.8 Å². The van der Waals surface area contributed by atoms with E-state index < -0.39 is 57.9 Å². The van der Waals surface area contributed by atoms with Crippen molar-refractivity contribution < 1.29 is 41.8 Å². The van der Waals surface area contributed by atoms with Gasteiger partial charge in [-0.05, 0) is 69.6 Å². The summed E-state index contributed by atoms with van der Waals surface area (Å²) in [5, 5.41) is 20.1. The third-order valence-electron chi connectivity index (χ3n) is 10.5. The molecule has 0 radical (unpaired) electrons. The molecule has 2 amide bonds. The predicted octanol–water partition coefficient (Wildman–Crippen LogP) is 6.37. The van der Waals surface area contributed by atoms with E-state index in [1.54, 1.807) is 11.0 Å². The normalized spacial score (nSPS) is 21.9. The van der Waals surface area contributed by atoms with Gasteiger partial charge in [0.15, 0.2) is 11.6 Å². The van der Waals surface area contributed by atoms with Gasteiger partial charge in [0.05, 0.1) is 35.0 Å². The number of rotatable bonds is 10. The third kappa shape index (κ3) is 6.71. The molecule has 48 heavy (non-hydrogen) atoms. The molecule has 258 valence electrons. The van der Waals surface area contributed by atoms with E-state index in [2.05, 4.69) is 11.1 Å². The van der Waals surface area contributed by atoms with Crippen molar-refractivity contribution in [3.05, 3.63) is 59.2 Å². The van der Waals surface area contributed by atoms with Crippen LogP contribution in [0.15, 0.2) is 36.5 Å². The third-order valence-corrected chi connectivity index (χ3v) is 10.5. The van der Waals surface area contributed by atoms with Crippen LogP contribution >= 0.6 is 0 Å². The van der Waals surface area contributed by atoms with Crippen molar-refractivity contribution in [3.63, 3.8) is 0 Å². The molecule has 1 aromatic carbocycles. The lowest BCUT2D eigenvalue weighted by Gasteiger charge is -2.44. The molecule has 0 bridgehead atoms. The van der Waals surface area contributed by atoms with Crippen molar-refractivity contribution in [2.24, 2.45) is 11.3 Å². The first-order chi connectivity index (χ1) is 22.9. The number of nitrogens with zero attached hydrogens (tertiary/aromatic N) is 4. The molecule has 3 heterocycles. The lowest BCUT2D eigenvalue weighted by atomic mass is 9.67. The van der Waals surface area contributed by atoms with Crippen LogP contribution in [0, 0.1) is 28.5 Å². The number of piperidine rings is 2. The molecule has 1 N–H and O–H groups in total. The fourth-order valence-electron chi connectivity index (χ4n) is 7.53. The van der Waals surface area contributed by atoms with Crippen LogP contribution in [0.2, 0.25) is 0 Å². The Bertz CT molecular complexity index is 1560. The number of carboxylic acid groups (broad SMARTS) is 1. The van der Waals surface area contributed by atoms with Gasteiger partial charge in [0.2, 0.25) is 5.91 Å². The lowest BCUT2D eigenvalue weighted by molar-refractivity contribution is -0.155. The molecule has 2 atom stereocenters. The number of pyridine rings is 1. The Kier molecular flexibility index (Phi) is 10.3. The first-order valence-electron chi connectivity index (χ1n) is 16.6. The summed E-state index contributed by atoms with van der Waals surface area (Å²) in [5.74, 6) is -3.37. The Morgan fingerprint density at radius 1 is 1.08 bits per heavy atom. The summed E-state index contributed by atoms with van der Waals surface area (Å²) in [5.41, 5.74) is -3.50. The molecule has 1 aliphatic carbocycles. The smallest absolute Gasteiger partial charge is 0.418 e. The highest BCUT2D eigenvalue weighted by atomic mass is 19.4. The number of aromatic nitrogens is 1. The first kappa shape index (κ1) is 35.1. The van der Waals surface area contributed by atoms with Crippen LogP contribution in [-0.2, 0) is 21.2 Å². The monoisotopic (exact) mass is 672 g/mol. The molecule has 13 heteroatoms. The van der Waals surface area contributed by atoms with Crippen LogP contribution in [-0.4, -0.2) is 70.0 Å². The molecule has 3 fully saturated rings. The van der Waals surface area contributed by atoms with E-state index >= 15 is 4.39 Å². The van der Waals surface area contributed by atoms with Gasteiger partial charge in [-0.3, -0.25) is 19.4 Å². The maximum absolute atomic E-state index is 15.1. The fourth-order valence-corrected chi connectivity index (χ4v) is 7.53. The molecule has 2 aliphatic heterocycles. The second-order valence-electron chi connectivity index (χ2n) is 13.2. The molecule has 1 aromatic heterocycles. The van der Waals surface area contributed by atoms with Gasteiger partial charge in [-0.15, -0.1) is 0 Å². The van der Waals surface area contributed by atoms with Gasteiger partial charge in [0.1, 0.15) is 5.69 Å². The Hall–Kier alpha value is -4.21. The van der Waals surface area contributed by atoms with Gasteiger partial charge in [-0.25, -0.2) is 4.39 Å². The molecular weight excluding hydrogens is 632 g/mol. The second kappa shape index (κ2) is 14.1. The minimum absolute atomic E-state index is 0.0228. The highest BCUT2D eigenvalue weighted by Gasteiger charge is 2.47. The maximum atomic E-state index is 15.1. The number of aliphatic carboxylic acids is 1. The van der Waals surface area contributed by atoms with Crippen LogP contribution in [0.25, 0.3) is 0 Å². The number of nitriles is 1. The van der Waals surface area contributed by atoms with Crippen LogP contribution in [0.4, 0.5) is 17.6 Å². The molecule has 5 rings (SSSR count). The van der Waals surface area contributed by atoms with Gasteiger partial charge in [0.25, 0.3) is 5.91 Å². The summed E-state index contributed by atoms with van der Waals surface area (Å²) >= 11 is 0. The first-order valence-corrected chi connectivity index (χ1v) is 16.6. The average Bonchev–Trinajstić information content (AvgIpc) is 3.05. The highest BCUT2D eigenvalue weighted by molar-refractivity contribution is 5.95. The number of amides is 2. The zero-order valence-electron chi connectivity index (χ0n) is 26.9. The Balaban J connectivity index is 1.31. The van der Waals surface area contributed by atoms with E-state index in [4.69, 9.17) is 4.74 Å². The number of halogens is 4. The Morgan fingerprint density at radius 3 is 2.42 bits per heavy atom. The SMILES string of the molecule is CCCC1C(C(=O)N2CCC(C#N)(c3cccc(F)c3OCCC3(C(=O)O)CCC3)CC2)CCCN1C(=O)c1ncccc1C(F)(F)F. The maximum Gasteiger partial charge on any atom is 0.418 e. The van der Waals surface area contributed by atoms with E-state index in [9.17, 15) is 37.9 Å². The van der Waals surface area contributed by atoms with Gasteiger partial charge < -0.3 is 19.6 Å². The minimum Gasteiger partial charge on any atom is -0.490 e. The Morgan fingerprint density at radius 2 is 1.81 bits per heavy atom. The van der Waals surface area contributed by atoms with Crippen LogP contribution in [0.5, 0.6) is 5.75 Å². The van der Waals surface area contributed by atoms with Crippen molar-refractivity contribution in [1.82, 2.24) is 14.8 Å². The van der Waals surface area contributed by atoms with Crippen molar-refractivity contribution >= 4 is 17.8 Å². The summed E-state index contributed by atoms with van der Waals surface area (Å²) in [4.78, 5) is 46.1. The van der Waals surface area contributed by atoms with E-state index in [0.717, 1.165) is 24.8 Å². The summed E-state index contributed by atoms with van der Waals surface area (Å²) < 4.78 is 62.2. The molecule has 2 aromatic rings. The minimum atomic E-state index is -4.77. The van der Waals surface area contributed by atoms with E-state index in [1.165, 1.54) is 17.0 Å². The number of likely N-dealkylation sites (tertiary alicyclic amines) is 2. The number of alkyl halides is 3. The lowest BCUT2D eigenvalue weighted by Crippen LogP contribution is -2.55. The number of carbonyl (C=O) groups is 3.